The van der Waals surface area contributed by atoms with Gasteiger partial charge in [0.25, 0.3) is 0 Å². The van der Waals surface area contributed by atoms with Crippen molar-refractivity contribution in [2.45, 2.75) is 31.4 Å². The molecule has 1 rings (SSSR count). The van der Waals surface area contributed by atoms with E-state index in [0.29, 0.717) is 6.42 Å². The first-order valence-corrected chi connectivity index (χ1v) is 4.80. The van der Waals surface area contributed by atoms with E-state index in [1.54, 1.807) is 7.11 Å². The second kappa shape index (κ2) is 5.17. The first-order chi connectivity index (χ1) is 6.67. The first kappa shape index (κ1) is 11.3. The average Bonchev–Trinajstić information content (AvgIpc) is 2.16. The minimum atomic E-state index is -0.993. The third-order valence-corrected chi connectivity index (χ3v) is 2.79. The Bertz CT molecular complexity index is 197. The third kappa shape index (κ3) is 2.85. The Kier molecular flexibility index (Phi) is 4.16. The summed E-state index contributed by atoms with van der Waals surface area (Å²) in [6, 6.07) is -0.0414. The molecule has 0 aliphatic heterocycles. The third-order valence-electron chi connectivity index (χ3n) is 2.79. The van der Waals surface area contributed by atoms with Crippen molar-refractivity contribution in [2.75, 3.05) is 13.7 Å². The molecule has 0 radical (unpaired) electrons. The lowest BCUT2D eigenvalue weighted by Gasteiger charge is -2.34. The van der Waals surface area contributed by atoms with Crippen molar-refractivity contribution in [1.29, 1.82) is 0 Å². The van der Waals surface area contributed by atoms with Gasteiger partial charge in [-0.1, -0.05) is 0 Å². The van der Waals surface area contributed by atoms with Crippen LogP contribution in [0.4, 0.5) is 4.79 Å². The molecule has 1 amide bonds. The van der Waals surface area contributed by atoms with Gasteiger partial charge in [-0.05, 0) is 19.3 Å². The number of nitrogens with one attached hydrogen (secondary N) is 1. The molecule has 1 aliphatic carbocycles. The molecule has 3 N–H and O–H groups in total. The van der Waals surface area contributed by atoms with E-state index in [4.69, 9.17) is 14.9 Å². The van der Waals surface area contributed by atoms with Crippen LogP contribution in [0.1, 0.15) is 19.3 Å². The molecule has 82 valence electrons. The molecule has 5 nitrogen and oxygen atoms in total. The van der Waals surface area contributed by atoms with Crippen molar-refractivity contribution >= 4 is 6.09 Å². The summed E-state index contributed by atoms with van der Waals surface area (Å²) in [5.74, 6) is 0.145. The molecule has 1 fully saturated rings. The number of carboxylic acid groups (broad SMARTS) is 1. The van der Waals surface area contributed by atoms with Crippen LogP contribution < -0.4 is 5.32 Å². The fourth-order valence-electron chi connectivity index (χ4n) is 2.00. The molecular weight excluding hydrogens is 186 g/mol. The van der Waals surface area contributed by atoms with Gasteiger partial charge in [-0.25, -0.2) is 4.79 Å². The van der Waals surface area contributed by atoms with E-state index < -0.39 is 6.09 Å². The largest absolute Gasteiger partial charge is 0.465 e. The molecular formula is C9H17NO4. The second-order valence-electron chi connectivity index (χ2n) is 3.68. The van der Waals surface area contributed by atoms with E-state index >= 15 is 0 Å². The van der Waals surface area contributed by atoms with Crippen molar-refractivity contribution in [2.24, 2.45) is 5.92 Å². The Balaban J connectivity index is 2.43. The van der Waals surface area contributed by atoms with Crippen LogP contribution in [-0.2, 0) is 4.74 Å². The zero-order chi connectivity index (χ0) is 10.6. The summed E-state index contributed by atoms with van der Waals surface area (Å²) in [5, 5.41) is 20.0. The molecule has 14 heavy (non-hydrogen) atoms. The van der Waals surface area contributed by atoms with Gasteiger partial charge < -0.3 is 20.3 Å². The molecule has 0 aromatic heterocycles. The molecule has 0 heterocycles. The highest BCUT2D eigenvalue weighted by atomic mass is 16.5. The smallest absolute Gasteiger partial charge is 0.404 e. The van der Waals surface area contributed by atoms with Gasteiger partial charge in [-0.3, -0.25) is 0 Å². The Morgan fingerprint density at radius 2 is 2.29 bits per heavy atom. The van der Waals surface area contributed by atoms with Crippen molar-refractivity contribution in [3.63, 3.8) is 0 Å². The van der Waals surface area contributed by atoms with Gasteiger partial charge in [0, 0.05) is 25.7 Å². The van der Waals surface area contributed by atoms with Crippen LogP contribution in [-0.4, -0.2) is 42.2 Å². The topological polar surface area (TPSA) is 78.8 Å². The van der Waals surface area contributed by atoms with E-state index in [2.05, 4.69) is 5.32 Å². The maximum atomic E-state index is 10.4. The molecule has 1 aliphatic rings. The van der Waals surface area contributed by atoms with Crippen LogP contribution in [0.15, 0.2) is 0 Å². The molecule has 0 bridgehead atoms. The number of ether oxygens (including phenoxy) is 1. The SMILES string of the molecule is CO[C@@H]1C[C@@H](NC(=O)O)CC[C@@H]1CO. The zero-order valence-electron chi connectivity index (χ0n) is 8.27. The van der Waals surface area contributed by atoms with Gasteiger partial charge in [0.15, 0.2) is 0 Å². The monoisotopic (exact) mass is 203 g/mol. The lowest BCUT2D eigenvalue weighted by molar-refractivity contribution is -0.00853. The molecule has 3 atom stereocenters. The fourth-order valence-corrected chi connectivity index (χ4v) is 2.00. The van der Waals surface area contributed by atoms with Crippen molar-refractivity contribution < 1.29 is 19.7 Å². The summed E-state index contributed by atoms with van der Waals surface area (Å²) in [6.45, 7) is 0.109. The van der Waals surface area contributed by atoms with Crippen LogP contribution in [0.25, 0.3) is 0 Å². The maximum absolute atomic E-state index is 10.4. The Labute approximate surface area is 83.1 Å². The van der Waals surface area contributed by atoms with E-state index in [9.17, 15) is 4.79 Å². The predicted molar refractivity (Wildman–Crippen MR) is 50.2 cm³/mol. The summed E-state index contributed by atoms with van der Waals surface area (Å²) in [5.41, 5.74) is 0. The lowest BCUT2D eigenvalue weighted by Crippen LogP contribution is -2.43. The van der Waals surface area contributed by atoms with Gasteiger partial charge in [-0.2, -0.15) is 0 Å². The molecule has 1 saturated carbocycles. The van der Waals surface area contributed by atoms with Crippen molar-refractivity contribution in [3.8, 4) is 0 Å². The van der Waals surface area contributed by atoms with E-state index in [1.807, 2.05) is 0 Å². The van der Waals surface area contributed by atoms with Crippen molar-refractivity contribution in [3.05, 3.63) is 0 Å². The van der Waals surface area contributed by atoms with E-state index in [-0.39, 0.29) is 24.7 Å². The highest BCUT2D eigenvalue weighted by Gasteiger charge is 2.30. The van der Waals surface area contributed by atoms with Gasteiger partial charge in [0.2, 0.25) is 0 Å². The normalized spacial score (nSPS) is 32.6. The van der Waals surface area contributed by atoms with Crippen LogP contribution in [0.3, 0.4) is 0 Å². The molecule has 0 spiro atoms. The minimum Gasteiger partial charge on any atom is -0.465 e. The number of carbonyl (C=O) groups is 1. The van der Waals surface area contributed by atoms with E-state index in [0.717, 1.165) is 12.8 Å². The first-order valence-electron chi connectivity index (χ1n) is 4.80. The fraction of sp³-hybridized carbons (Fsp3) is 0.889. The highest BCUT2D eigenvalue weighted by molar-refractivity contribution is 5.64. The molecule has 0 saturated heterocycles. The van der Waals surface area contributed by atoms with Gasteiger partial charge >= 0.3 is 6.09 Å². The number of hydrogen-bond donors (Lipinski definition) is 3. The lowest BCUT2D eigenvalue weighted by atomic mass is 9.84. The number of rotatable bonds is 3. The molecule has 0 aromatic carbocycles. The number of aliphatic hydroxyl groups is 1. The number of amides is 1. The van der Waals surface area contributed by atoms with Crippen LogP contribution in [0.5, 0.6) is 0 Å². The standard InChI is InChI=1S/C9H17NO4/c1-14-8-4-7(10-9(12)13)3-2-6(8)5-11/h6-8,10-11H,2-5H2,1H3,(H,12,13)/t6-,7+,8-/m1/s1. The summed E-state index contributed by atoms with van der Waals surface area (Å²) in [7, 11) is 1.59. The summed E-state index contributed by atoms with van der Waals surface area (Å²) >= 11 is 0. The van der Waals surface area contributed by atoms with Crippen LogP contribution in [0, 0.1) is 5.92 Å². The van der Waals surface area contributed by atoms with E-state index in [1.165, 1.54) is 0 Å². The van der Waals surface area contributed by atoms with Gasteiger partial charge in [0.1, 0.15) is 0 Å². The quantitative estimate of drug-likeness (QED) is 0.621. The van der Waals surface area contributed by atoms with Crippen LogP contribution >= 0.6 is 0 Å². The molecule has 0 unspecified atom stereocenters. The highest BCUT2D eigenvalue weighted by Crippen LogP contribution is 2.26. The number of methoxy groups -OCH3 is 1. The number of aliphatic hydroxyl groups excluding tert-OH is 1. The van der Waals surface area contributed by atoms with Crippen LogP contribution in [0.2, 0.25) is 0 Å². The molecule has 0 aromatic rings. The zero-order valence-corrected chi connectivity index (χ0v) is 8.27. The van der Waals surface area contributed by atoms with Gasteiger partial charge in [-0.15, -0.1) is 0 Å². The molecule has 5 heteroatoms. The summed E-state index contributed by atoms with van der Waals surface area (Å²) in [4.78, 5) is 10.4. The Morgan fingerprint density at radius 3 is 2.79 bits per heavy atom. The average molecular weight is 203 g/mol. The van der Waals surface area contributed by atoms with Gasteiger partial charge in [0.05, 0.1) is 6.10 Å². The summed E-state index contributed by atoms with van der Waals surface area (Å²) < 4.78 is 5.21. The number of hydrogen-bond acceptors (Lipinski definition) is 3. The second-order valence-corrected chi connectivity index (χ2v) is 3.68. The maximum Gasteiger partial charge on any atom is 0.404 e. The predicted octanol–water partition coefficient (Wildman–Crippen LogP) is 0.430. The van der Waals surface area contributed by atoms with Crippen molar-refractivity contribution in [1.82, 2.24) is 5.32 Å². The Morgan fingerprint density at radius 1 is 1.57 bits per heavy atom. The summed E-state index contributed by atoms with van der Waals surface area (Å²) in [6.07, 6.45) is 1.20. The Hall–Kier alpha value is -0.810. The minimum absolute atomic E-state index is 0.0365.